The van der Waals surface area contributed by atoms with E-state index in [1.54, 1.807) is 22.3 Å². The zero-order chi connectivity index (χ0) is 17.0. The summed E-state index contributed by atoms with van der Waals surface area (Å²) in [7, 11) is -1.45. The molecule has 1 aliphatic carbocycles. The van der Waals surface area contributed by atoms with Gasteiger partial charge >= 0.3 is 0 Å². The maximum Gasteiger partial charge on any atom is 0.0876 e. The highest BCUT2D eigenvalue weighted by molar-refractivity contribution is 7.97. The van der Waals surface area contributed by atoms with E-state index in [-0.39, 0.29) is 7.47 Å². The van der Waals surface area contributed by atoms with Gasteiger partial charge in [-0.1, -0.05) is 65.8 Å². The number of hydrogen-bond donors (Lipinski definition) is 0. The third kappa shape index (κ3) is 3.40. The van der Waals surface area contributed by atoms with Crippen molar-refractivity contribution in [3.05, 3.63) is 22.3 Å². The highest BCUT2D eigenvalue weighted by Gasteiger charge is 2.51. The molecule has 0 amide bonds. The molecule has 2 heteroatoms. The van der Waals surface area contributed by atoms with E-state index in [1.165, 1.54) is 0 Å². The summed E-state index contributed by atoms with van der Waals surface area (Å²) in [5.74, 6) is 0. The predicted molar refractivity (Wildman–Crippen MR) is 104 cm³/mol. The van der Waals surface area contributed by atoms with Crippen molar-refractivity contribution in [2.24, 2.45) is 0 Å². The lowest BCUT2D eigenvalue weighted by Crippen LogP contribution is -2.43. The van der Waals surface area contributed by atoms with Crippen molar-refractivity contribution >= 4 is 15.2 Å². The third-order valence-corrected chi connectivity index (χ3v) is 19.6. The van der Waals surface area contributed by atoms with Gasteiger partial charge in [0.1, 0.15) is 0 Å². The topological polar surface area (TPSA) is 0 Å². The van der Waals surface area contributed by atoms with Crippen LogP contribution in [-0.2, 0) is 0 Å². The minimum absolute atomic E-state index is 0.0178. The predicted octanol–water partition coefficient (Wildman–Crippen LogP) is 7.33. The van der Waals surface area contributed by atoms with Crippen LogP contribution in [0.5, 0.6) is 0 Å². The molecule has 0 nitrogen and oxygen atoms in total. The molecule has 0 unspecified atom stereocenters. The highest BCUT2D eigenvalue weighted by atomic mass is 31.4. The molecule has 0 saturated carbocycles. The number of allylic oxidation sites excluding steroid dienone is 4. The Morgan fingerprint density at radius 3 is 1.24 bits per heavy atom. The van der Waals surface area contributed by atoms with Gasteiger partial charge in [-0.15, -0.1) is 7.47 Å². The first-order chi connectivity index (χ1) is 9.13. The van der Waals surface area contributed by atoms with E-state index < -0.39 is 7.74 Å². The number of rotatable bonds is 2. The second-order valence-electron chi connectivity index (χ2n) is 9.38. The summed E-state index contributed by atoms with van der Waals surface area (Å²) in [4.78, 5) is 0. The Hall–Kier alpha value is 0.127. The summed E-state index contributed by atoms with van der Waals surface area (Å²) in [6, 6.07) is 0. The molecule has 0 fully saturated rings. The van der Waals surface area contributed by atoms with Gasteiger partial charge in [0, 0.05) is 5.54 Å². The van der Waals surface area contributed by atoms with Gasteiger partial charge in [-0.2, -0.15) is 0 Å². The Balaban J connectivity index is 3.46. The van der Waals surface area contributed by atoms with Gasteiger partial charge in [-0.3, -0.25) is 0 Å². The molecular weight excluding hydrogens is 287 g/mol. The van der Waals surface area contributed by atoms with Crippen LogP contribution < -0.4 is 0 Å². The van der Waals surface area contributed by atoms with Crippen molar-refractivity contribution in [2.45, 2.75) is 98.2 Å². The molecule has 0 saturated heterocycles. The van der Waals surface area contributed by atoms with Crippen LogP contribution in [0, 0.1) is 0 Å². The summed E-state index contributed by atoms with van der Waals surface area (Å²) in [6.07, 6.45) is 0. The van der Waals surface area contributed by atoms with Crippen molar-refractivity contribution in [3.8, 4) is 0 Å². The lowest BCUT2D eigenvalue weighted by Gasteiger charge is -2.53. The Kier molecular flexibility index (Phi) is 5.15. The zero-order valence-electron chi connectivity index (χ0n) is 16.5. The molecule has 0 spiro atoms. The molecule has 0 heterocycles. The van der Waals surface area contributed by atoms with E-state index in [4.69, 9.17) is 0 Å². The van der Waals surface area contributed by atoms with Crippen LogP contribution in [0.15, 0.2) is 22.3 Å². The van der Waals surface area contributed by atoms with Gasteiger partial charge in [-0.25, -0.2) is 0 Å². The molecule has 1 aliphatic rings. The zero-order valence-corrected chi connectivity index (χ0v) is 18.4. The Labute approximate surface area is 136 Å². The first kappa shape index (κ1) is 19.2. The van der Waals surface area contributed by atoms with Crippen LogP contribution in [0.3, 0.4) is 0 Å². The third-order valence-electron chi connectivity index (χ3n) is 5.24. The second-order valence-corrected chi connectivity index (χ2v) is 21.4. The fraction of sp³-hybridized carbons (Fsp3) is 0.789. The standard InChI is InChI=1S/C19H37PSi/c1-13-14(2)16(4)17(15(13)3)21(11,12)20(18(5,6)7)19(8,9)10/h17H,1-12H3. The number of hydrogen-bond acceptors (Lipinski definition) is 0. The molecule has 0 aromatic carbocycles. The summed E-state index contributed by atoms with van der Waals surface area (Å²) in [5.41, 5.74) is 7.22. The highest BCUT2D eigenvalue weighted by Crippen LogP contribution is 2.70. The molecule has 0 bridgehead atoms. The van der Waals surface area contributed by atoms with Crippen LogP contribution in [-0.4, -0.2) is 18.1 Å². The first-order valence-electron chi connectivity index (χ1n) is 8.29. The van der Waals surface area contributed by atoms with Crippen molar-refractivity contribution in [3.63, 3.8) is 0 Å². The van der Waals surface area contributed by atoms with Crippen molar-refractivity contribution in [1.82, 2.24) is 0 Å². The van der Waals surface area contributed by atoms with Gasteiger partial charge in [0.05, 0.1) is 7.74 Å². The SMILES string of the molecule is CC1=C(C)C([Si](C)(C)P(C(C)(C)C)C(C)(C)C)C(C)=C1C. The van der Waals surface area contributed by atoms with E-state index in [2.05, 4.69) is 82.3 Å². The Morgan fingerprint density at radius 2 is 1.00 bits per heavy atom. The maximum atomic E-state index is 2.67. The van der Waals surface area contributed by atoms with Crippen LogP contribution in [0.25, 0.3) is 0 Å². The molecule has 1 rings (SSSR count). The van der Waals surface area contributed by atoms with Crippen LogP contribution in [0.2, 0.25) is 18.6 Å². The molecule has 0 aromatic rings. The van der Waals surface area contributed by atoms with Crippen LogP contribution in [0.4, 0.5) is 0 Å². The largest absolute Gasteiger partial charge is 0.107 e. The first-order valence-corrected chi connectivity index (χ1v) is 13.5. The average Bonchev–Trinajstić information content (AvgIpc) is 2.38. The van der Waals surface area contributed by atoms with Gasteiger partial charge in [0.25, 0.3) is 0 Å². The van der Waals surface area contributed by atoms with Crippen LogP contribution in [0.1, 0.15) is 69.2 Å². The Morgan fingerprint density at radius 1 is 0.714 bits per heavy atom. The van der Waals surface area contributed by atoms with E-state index in [0.717, 1.165) is 5.54 Å². The maximum absolute atomic E-state index is 2.67. The molecule has 0 N–H and O–H groups in total. The second kappa shape index (κ2) is 5.64. The van der Waals surface area contributed by atoms with Crippen LogP contribution >= 0.6 is 7.47 Å². The van der Waals surface area contributed by atoms with Gasteiger partial charge in [0.15, 0.2) is 0 Å². The lowest BCUT2D eigenvalue weighted by molar-refractivity contribution is 0.716. The lowest BCUT2D eigenvalue weighted by atomic mass is 10.1. The molecule has 0 atom stereocenters. The van der Waals surface area contributed by atoms with Gasteiger partial charge < -0.3 is 0 Å². The van der Waals surface area contributed by atoms with E-state index in [0.29, 0.717) is 10.3 Å². The summed E-state index contributed by atoms with van der Waals surface area (Å²) < 4.78 is 0. The Bertz CT molecular complexity index is 443. The smallest absolute Gasteiger partial charge is 0.0876 e. The quantitative estimate of drug-likeness (QED) is 0.368. The molecule has 21 heavy (non-hydrogen) atoms. The normalized spacial score (nSPS) is 19.3. The minimum atomic E-state index is -1.43. The molecule has 0 radical (unpaired) electrons. The fourth-order valence-corrected chi connectivity index (χ4v) is 25.9. The fourth-order valence-electron chi connectivity index (χ4n) is 5.27. The van der Waals surface area contributed by atoms with Crippen molar-refractivity contribution < 1.29 is 0 Å². The summed E-state index contributed by atoms with van der Waals surface area (Å²) in [6.45, 7) is 29.6. The van der Waals surface area contributed by atoms with Gasteiger partial charge in [0.2, 0.25) is 0 Å². The summed E-state index contributed by atoms with van der Waals surface area (Å²) in [5, 5.41) is 0.850. The minimum Gasteiger partial charge on any atom is -0.107 e. The molecule has 122 valence electrons. The molecule has 0 aliphatic heterocycles. The average molecular weight is 325 g/mol. The summed E-state index contributed by atoms with van der Waals surface area (Å²) >= 11 is 0. The molecular formula is C19H37PSi. The van der Waals surface area contributed by atoms with Crippen molar-refractivity contribution in [2.75, 3.05) is 0 Å². The van der Waals surface area contributed by atoms with Gasteiger partial charge in [-0.05, 0) is 49.2 Å². The molecule has 0 aromatic heterocycles. The van der Waals surface area contributed by atoms with E-state index in [1.807, 2.05) is 0 Å². The van der Waals surface area contributed by atoms with E-state index >= 15 is 0 Å². The monoisotopic (exact) mass is 324 g/mol. The van der Waals surface area contributed by atoms with E-state index in [9.17, 15) is 0 Å². The van der Waals surface area contributed by atoms with Crippen molar-refractivity contribution in [1.29, 1.82) is 0 Å².